The summed E-state index contributed by atoms with van der Waals surface area (Å²) < 4.78 is 15.8. The van der Waals surface area contributed by atoms with Crippen LogP contribution in [0.25, 0.3) is 0 Å². The Kier molecular flexibility index (Phi) is 6.16. The number of nitrogens with one attached hydrogen (secondary N) is 1. The average Bonchev–Trinajstić information content (AvgIpc) is 2.03. The quantitative estimate of drug-likeness (QED) is 0.379. The molecule has 11 heavy (non-hydrogen) atoms. The number of ether oxygens (including phenoxy) is 1. The minimum absolute atomic E-state index is 0.209. The summed E-state index contributed by atoms with van der Waals surface area (Å²) in [5.74, 6) is -0.502. The fourth-order valence-corrected chi connectivity index (χ4v) is 0.705. The summed E-state index contributed by atoms with van der Waals surface area (Å²) in [7, 11) is 1.26. The van der Waals surface area contributed by atoms with Crippen LogP contribution in [0.1, 0.15) is 0 Å². The molecule has 0 heterocycles. The number of hydrogen-bond donors (Lipinski definition) is 1. The van der Waals surface area contributed by atoms with Crippen molar-refractivity contribution in [3.8, 4) is 0 Å². The van der Waals surface area contributed by atoms with Crippen LogP contribution in [0.3, 0.4) is 0 Å². The Morgan fingerprint density at radius 1 is 1.82 bits per heavy atom. The molecule has 0 saturated carbocycles. The van der Waals surface area contributed by atoms with Crippen molar-refractivity contribution in [1.82, 2.24) is 5.32 Å². The average molecular weight is 184 g/mol. The summed E-state index contributed by atoms with van der Waals surface area (Å²) in [4.78, 5) is 10.6. The third-order valence-electron chi connectivity index (χ3n) is 1.05. The maximum absolute atomic E-state index is 11.5. The van der Waals surface area contributed by atoms with Crippen LogP contribution in [0, 0.1) is 0 Å². The van der Waals surface area contributed by atoms with Gasteiger partial charge in [-0.15, -0.1) is 11.6 Å². The second-order valence-corrected chi connectivity index (χ2v) is 2.41. The molecule has 0 fully saturated rings. The van der Waals surface area contributed by atoms with Crippen molar-refractivity contribution in [3.63, 3.8) is 0 Å². The molecular weight excluding hydrogens is 173 g/mol. The first-order valence-electron chi connectivity index (χ1n) is 3.21. The van der Waals surface area contributed by atoms with E-state index in [0.29, 0.717) is 0 Å². The molecular formula is C6H11ClFNO2. The standard InChI is InChI=1S/C6H11ClFNO2/c1-11-6(10)5(7)4-9-3-2-8/h5,9H,2-4H2,1H3. The Hall–Kier alpha value is -0.350. The lowest BCUT2D eigenvalue weighted by Crippen LogP contribution is -2.31. The molecule has 0 saturated heterocycles. The molecule has 1 atom stereocenters. The molecule has 66 valence electrons. The summed E-state index contributed by atoms with van der Waals surface area (Å²) in [5.41, 5.74) is 0. The van der Waals surface area contributed by atoms with Gasteiger partial charge in [-0.3, -0.25) is 4.79 Å². The van der Waals surface area contributed by atoms with Crippen LogP contribution < -0.4 is 5.32 Å². The monoisotopic (exact) mass is 183 g/mol. The molecule has 0 aliphatic rings. The lowest BCUT2D eigenvalue weighted by Gasteiger charge is -2.06. The fourth-order valence-electron chi connectivity index (χ4n) is 0.507. The SMILES string of the molecule is COC(=O)C(Cl)CNCCF. The molecule has 0 aliphatic heterocycles. The first-order chi connectivity index (χ1) is 5.22. The van der Waals surface area contributed by atoms with Crippen molar-refractivity contribution in [3.05, 3.63) is 0 Å². The van der Waals surface area contributed by atoms with Crippen molar-refractivity contribution >= 4 is 17.6 Å². The van der Waals surface area contributed by atoms with Crippen molar-refractivity contribution in [2.75, 3.05) is 26.9 Å². The van der Waals surface area contributed by atoms with E-state index < -0.39 is 18.0 Å². The van der Waals surface area contributed by atoms with Gasteiger partial charge in [0.25, 0.3) is 0 Å². The smallest absolute Gasteiger partial charge is 0.325 e. The number of alkyl halides is 2. The van der Waals surface area contributed by atoms with E-state index >= 15 is 0 Å². The summed E-state index contributed by atoms with van der Waals surface area (Å²) >= 11 is 5.51. The van der Waals surface area contributed by atoms with E-state index in [1.165, 1.54) is 7.11 Å². The van der Waals surface area contributed by atoms with Crippen LogP contribution >= 0.6 is 11.6 Å². The third-order valence-corrected chi connectivity index (χ3v) is 1.38. The van der Waals surface area contributed by atoms with Crippen LogP contribution in [-0.4, -0.2) is 38.2 Å². The molecule has 0 aliphatic carbocycles. The van der Waals surface area contributed by atoms with Crippen molar-refractivity contribution in [2.45, 2.75) is 5.38 Å². The van der Waals surface area contributed by atoms with Crippen LogP contribution in [0.15, 0.2) is 0 Å². The van der Waals surface area contributed by atoms with Gasteiger partial charge in [-0.05, 0) is 0 Å². The fraction of sp³-hybridized carbons (Fsp3) is 0.833. The zero-order chi connectivity index (χ0) is 8.69. The number of methoxy groups -OCH3 is 1. The Balaban J connectivity index is 3.36. The number of esters is 1. The lowest BCUT2D eigenvalue weighted by molar-refractivity contribution is -0.140. The maximum atomic E-state index is 11.5. The molecule has 0 aromatic heterocycles. The number of carbonyl (C=O) groups excluding carboxylic acids is 1. The van der Waals surface area contributed by atoms with Gasteiger partial charge < -0.3 is 10.1 Å². The van der Waals surface area contributed by atoms with E-state index in [-0.39, 0.29) is 13.1 Å². The van der Waals surface area contributed by atoms with Gasteiger partial charge in [0, 0.05) is 13.1 Å². The molecule has 5 heteroatoms. The molecule has 0 amide bonds. The number of hydrogen-bond acceptors (Lipinski definition) is 3. The van der Waals surface area contributed by atoms with Crippen LogP contribution in [0.2, 0.25) is 0 Å². The van der Waals surface area contributed by atoms with E-state index in [9.17, 15) is 9.18 Å². The summed E-state index contributed by atoms with van der Waals surface area (Å²) in [6, 6.07) is 0. The maximum Gasteiger partial charge on any atom is 0.325 e. The number of carbonyl (C=O) groups is 1. The Labute approximate surface area is 69.9 Å². The van der Waals surface area contributed by atoms with Crippen LogP contribution in [0.5, 0.6) is 0 Å². The second kappa shape index (κ2) is 6.37. The third kappa shape index (κ3) is 4.98. The van der Waals surface area contributed by atoms with E-state index in [0.717, 1.165) is 0 Å². The number of rotatable bonds is 5. The molecule has 0 rings (SSSR count). The zero-order valence-corrected chi connectivity index (χ0v) is 7.03. The Bertz CT molecular complexity index is 123. The number of halogens is 2. The molecule has 0 aromatic carbocycles. The topological polar surface area (TPSA) is 38.3 Å². The highest BCUT2D eigenvalue weighted by molar-refractivity contribution is 6.30. The molecule has 0 spiro atoms. The Morgan fingerprint density at radius 2 is 2.45 bits per heavy atom. The molecule has 3 nitrogen and oxygen atoms in total. The van der Waals surface area contributed by atoms with Gasteiger partial charge in [0.1, 0.15) is 12.1 Å². The van der Waals surface area contributed by atoms with Gasteiger partial charge in [0.05, 0.1) is 7.11 Å². The summed E-state index contributed by atoms with van der Waals surface area (Å²) in [6.07, 6.45) is 0. The van der Waals surface area contributed by atoms with Crippen LogP contribution in [0.4, 0.5) is 4.39 Å². The molecule has 1 unspecified atom stereocenters. The van der Waals surface area contributed by atoms with E-state index in [1.54, 1.807) is 0 Å². The lowest BCUT2D eigenvalue weighted by atomic mass is 10.4. The highest BCUT2D eigenvalue weighted by Gasteiger charge is 2.13. The minimum Gasteiger partial charge on any atom is -0.468 e. The van der Waals surface area contributed by atoms with E-state index in [4.69, 9.17) is 11.6 Å². The summed E-state index contributed by atoms with van der Waals surface area (Å²) in [5, 5.41) is 1.91. The largest absolute Gasteiger partial charge is 0.468 e. The normalized spacial score (nSPS) is 12.6. The predicted octanol–water partition coefficient (Wildman–Crippen LogP) is 0.326. The van der Waals surface area contributed by atoms with Gasteiger partial charge in [-0.25, -0.2) is 4.39 Å². The first-order valence-corrected chi connectivity index (χ1v) is 3.64. The molecule has 0 bridgehead atoms. The van der Waals surface area contributed by atoms with Gasteiger partial charge in [-0.1, -0.05) is 0 Å². The molecule has 1 N–H and O–H groups in total. The van der Waals surface area contributed by atoms with Crippen molar-refractivity contribution < 1.29 is 13.9 Å². The van der Waals surface area contributed by atoms with Gasteiger partial charge in [0.2, 0.25) is 0 Å². The van der Waals surface area contributed by atoms with Gasteiger partial charge in [-0.2, -0.15) is 0 Å². The molecule has 0 aromatic rings. The Morgan fingerprint density at radius 3 is 2.91 bits per heavy atom. The predicted molar refractivity (Wildman–Crippen MR) is 40.5 cm³/mol. The highest BCUT2D eigenvalue weighted by atomic mass is 35.5. The van der Waals surface area contributed by atoms with Gasteiger partial charge in [0.15, 0.2) is 0 Å². The zero-order valence-electron chi connectivity index (χ0n) is 6.27. The van der Waals surface area contributed by atoms with Crippen molar-refractivity contribution in [2.24, 2.45) is 0 Å². The van der Waals surface area contributed by atoms with Crippen LogP contribution in [-0.2, 0) is 9.53 Å². The highest BCUT2D eigenvalue weighted by Crippen LogP contribution is 1.95. The van der Waals surface area contributed by atoms with E-state index in [1.807, 2.05) is 0 Å². The first kappa shape index (κ1) is 10.7. The van der Waals surface area contributed by atoms with Crippen molar-refractivity contribution in [1.29, 1.82) is 0 Å². The second-order valence-electron chi connectivity index (χ2n) is 1.88. The minimum atomic E-state index is -0.730. The van der Waals surface area contributed by atoms with E-state index in [2.05, 4.69) is 10.1 Å². The molecule has 0 radical (unpaired) electrons. The summed E-state index contributed by atoms with van der Waals surface area (Å²) in [6.45, 7) is -0.0247. The van der Waals surface area contributed by atoms with Gasteiger partial charge >= 0.3 is 5.97 Å².